The highest BCUT2D eigenvalue weighted by atomic mass is 32.2. The third-order valence-electron chi connectivity index (χ3n) is 2.47. The van der Waals surface area contributed by atoms with Gasteiger partial charge in [0.05, 0.1) is 0 Å². The third-order valence-corrected chi connectivity index (χ3v) is 3.36. The van der Waals surface area contributed by atoms with Gasteiger partial charge in [-0.15, -0.1) is 5.10 Å². The molecule has 1 aromatic heterocycles. The molecule has 8 heteroatoms. The number of pyridine rings is 1. The van der Waals surface area contributed by atoms with Gasteiger partial charge in [-0.1, -0.05) is 13.3 Å². The number of sulfonamides is 1. The van der Waals surface area contributed by atoms with Crippen LogP contribution in [0.25, 0.3) is 0 Å². The number of hydrogen-bond acceptors (Lipinski definition) is 6. The van der Waals surface area contributed by atoms with E-state index in [0.717, 1.165) is 6.42 Å². The van der Waals surface area contributed by atoms with Crippen LogP contribution in [0.2, 0.25) is 0 Å². The van der Waals surface area contributed by atoms with E-state index in [1.165, 1.54) is 6.20 Å². The predicted molar refractivity (Wildman–Crippen MR) is 65.2 cm³/mol. The van der Waals surface area contributed by atoms with Crippen LogP contribution in [0.5, 0.6) is 0 Å². The molecule has 2 rings (SSSR count). The molecule has 1 aromatic rings. The second-order valence-corrected chi connectivity index (χ2v) is 5.28. The maximum absolute atomic E-state index is 11.5. The van der Waals surface area contributed by atoms with Crippen molar-refractivity contribution in [2.45, 2.75) is 24.8 Å². The van der Waals surface area contributed by atoms with Gasteiger partial charge in [-0.25, -0.2) is 18.5 Å². The topological polar surface area (TPSA) is 107 Å². The first kappa shape index (κ1) is 12.8. The van der Waals surface area contributed by atoms with Crippen molar-refractivity contribution < 1.29 is 13.2 Å². The average molecular weight is 270 g/mol. The van der Waals surface area contributed by atoms with Crippen molar-refractivity contribution in [2.24, 2.45) is 10.2 Å². The van der Waals surface area contributed by atoms with Crippen molar-refractivity contribution in [3.8, 4) is 0 Å². The number of primary sulfonamides is 1. The molecule has 0 bridgehead atoms. The SMILES string of the molecule is CCCc1c(C2=NNCO2)ccnc1S(N)(=O)=O. The van der Waals surface area contributed by atoms with Crippen LogP contribution in [-0.4, -0.2) is 26.0 Å². The first-order valence-corrected chi connectivity index (χ1v) is 7.03. The monoisotopic (exact) mass is 270 g/mol. The van der Waals surface area contributed by atoms with Crippen LogP contribution in [0.1, 0.15) is 24.5 Å². The Morgan fingerprint density at radius 1 is 1.56 bits per heavy atom. The molecule has 0 saturated heterocycles. The van der Waals surface area contributed by atoms with Crippen molar-refractivity contribution >= 4 is 15.9 Å². The third kappa shape index (κ3) is 2.44. The Bertz CT molecular complexity index is 583. The van der Waals surface area contributed by atoms with Crippen LogP contribution in [0.3, 0.4) is 0 Å². The molecular formula is C10H14N4O3S. The van der Waals surface area contributed by atoms with Crippen LogP contribution in [-0.2, 0) is 21.2 Å². The summed E-state index contributed by atoms with van der Waals surface area (Å²) in [6, 6.07) is 1.67. The molecule has 1 aliphatic rings. The Balaban J connectivity index is 2.59. The van der Waals surface area contributed by atoms with Crippen LogP contribution in [0.4, 0.5) is 0 Å². The molecule has 0 aromatic carbocycles. The van der Waals surface area contributed by atoms with Gasteiger partial charge >= 0.3 is 0 Å². The number of aromatic nitrogens is 1. The van der Waals surface area contributed by atoms with E-state index in [0.29, 0.717) is 23.4 Å². The Hall–Kier alpha value is -1.67. The molecule has 2 heterocycles. The molecule has 1 aliphatic heterocycles. The average Bonchev–Trinajstić information content (AvgIpc) is 2.81. The van der Waals surface area contributed by atoms with Gasteiger partial charge in [-0.05, 0) is 12.5 Å². The molecule has 0 radical (unpaired) electrons. The summed E-state index contributed by atoms with van der Waals surface area (Å²) in [5.41, 5.74) is 3.82. The number of nitrogens with two attached hydrogens (primary N) is 1. The van der Waals surface area contributed by atoms with Gasteiger partial charge in [-0.3, -0.25) is 5.43 Å². The Morgan fingerprint density at radius 2 is 2.33 bits per heavy atom. The van der Waals surface area contributed by atoms with Crippen molar-refractivity contribution in [1.82, 2.24) is 10.4 Å². The van der Waals surface area contributed by atoms with Gasteiger partial charge in [0, 0.05) is 17.3 Å². The fourth-order valence-electron chi connectivity index (χ4n) is 1.79. The van der Waals surface area contributed by atoms with E-state index in [1.807, 2.05) is 6.92 Å². The lowest BCUT2D eigenvalue weighted by Crippen LogP contribution is -2.19. The highest BCUT2D eigenvalue weighted by Gasteiger charge is 2.22. The smallest absolute Gasteiger partial charge is 0.255 e. The second kappa shape index (κ2) is 4.91. The molecular weight excluding hydrogens is 256 g/mol. The maximum atomic E-state index is 11.5. The maximum Gasteiger partial charge on any atom is 0.255 e. The van der Waals surface area contributed by atoms with Gasteiger partial charge in [0.25, 0.3) is 10.0 Å². The summed E-state index contributed by atoms with van der Waals surface area (Å²) in [6.07, 6.45) is 2.69. The summed E-state index contributed by atoms with van der Waals surface area (Å²) in [5.74, 6) is 0.366. The number of nitrogens with one attached hydrogen (secondary N) is 1. The predicted octanol–water partition coefficient (Wildman–Crippen LogP) is -0.0796. The highest BCUT2D eigenvalue weighted by Crippen LogP contribution is 2.20. The van der Waals surface area contributed by atoms with E-state index in [9.17, 15) is 8.42 Å². The van der Waals surface area contributed by atoms with Gasteiger partial charge in [0.15, 0.2) is 11.8 Å². The van der Waals surface area contributed by atoms with Crippen LogP contribution in [0.15, 0.2) is 22.4 Å². The fourth-order valence-corrected chi connectivity index (χ4v) is 2.55. The quantitative estimate of drug-likeness (QED) is 0.795. The molecule has 0 amide bonds. The minimum absolute atomic E-state index is 0.111. The number of ether oxygens (including phenoxy) is 1. The van der Waals surface area contributed by atoms with Gasteiger partial charge in [0.2, 0.25) is 5.90 Å². The standard InChI is InChI=1S/C10H14N4O3S/c1-2-3-8-7(9-14-13-6-17-9)4-5-12-10(8)18(11,15)16/h4-5,13H,2-3,6H2,1H3,(H2,11,15,16). The number of hydrogen-bond donors (Lipinski definition) is 2. The molecule has 98 valence electrons. The van der Waals surface area contributed by atoms with Gasteiger partial charge in [0.1, 0.15) is 0 Å². The van der Waals surface area contributed by atoms with E-state index in [4.69, 9.17) is 9.88 Å². The van der Waals surface area contributed by atoms with E-state index in [1.54, 1.807) is 6.07 Å². The van der Waals surface area contributed by atoms with E-state index < -0.39 is 10.0 Å². The molecule has 3 N–H and O–H groups in total. The largest absolute Gasteiger partial charge is 0.454 e. The fraction of sp³-hybridized carbons (Fsp3) is 0.400. The summed E-state index contributed by atoms with van der Waals surface area (Å²) < 4.78 is 28.3. The Labute approximate surface area is 105 Å². The molecule has 0 unspecified atom stereocenters. The van der Waals surface area contributed by atoms with Crippen molar-refractivity contribution in [3.05, 3.63) is 23.4 Å². The zero-order valence-corrected chi connectivity index (χ0v) is 10.7. The number of hydrazone groups is 1. The molecule has 0 saturated carbocycles. The van der Waals surface area contributed by atoms with E-state index >= 15 is 0 Å². The summed E-state index contributed by atoms with van der Waals surface area (Å²) in [5, 5.41) is 9.01. The van der Waals surface area contributed by atoms with Crippen molar-refractivity contribution in [3.63, 3.8) is 0 Å². The molecule has 0 spiro atoms. The summed E-state index contributed by atoms with van der Waals surface area (Å²) in [4.78, 5) is 3.86. The molecule has 0 aliphatic carbocycles. The van der Waals surface area contributed by atoms with Crippen LogP contribution >= 0.6 is 0 Å². The van der Waals surface area contributed by atoms with Crippen LogP contribution in [0, 0.1) is 0 Å². The van der Waals surface area contributed by atoms with E-state index in [-0.39, 0.29) is 11.8 Å². The molecule has 0 fully saturated rings. The Kier molecular flexibility index (Phi) is 3.48. The van der Waals surface area contributed by atoms with Crippen molar-refractivity contribution in [2.75, 3.05) is 6.73 Å². The molecule has 7 nitrogen and oxygen atoms in total. The minimum atomic E-state index is -3.85. The van der Waals surface area contributed by atoms with Crippen molar-refractivity contribution in [1.29, 1.82) is 0 Å². The first-order valence-electron chi connectivity index (χ1n) is 5.48. The first-order chi connectivity index (χ1) is 8.54. The Morgan fingerprint density at radius 3 is 2.89 bits per heavy atom. The van der Waals surface area contributed by atoms with Crippen LogP contribution < -0.4 is 10.6 Å². The lowest BCUT2D eigenvalue weighted by molar-refractivity contribution is 0.316. The number of nitrogens with zero attached hydrogens (tertiary/aromatic N) is 2. The number of rotatable bonds is 4. The zero-order valence-electron chi connectivity index (χ0n) is 9.88. The summed E-state index contributed by atoms with van der Waals surface area (Å²) >= 11 is 0. The molecule has 0 atom stereocenters. The summed E-state index contributed by atoms with van der Waals surface area (Å²) in [7, 11) is -3.85. The second-order valence-electron chi connectivity index (χ2n) is 3.80. The van der Waals surface area contributed by atoms with Gasteiger partial charge < -0.3 is 4.74 Å². The summed E-state index contributed by atoms with van der Waals surface area (Å²) in [6.45, 7) is 2.22. The zero-order chi connectivity index (χ0) is 13.2. The lowest BCUT2D eigenvalue weighted by Gasteiger charge is -2.11. The normalized spacial score (nSPS) is 14.9. The van der Waals surface area contributed by atoms with E-state index in [2.05, 4.69) is 15.5 Å². The minimum Gasteiger partial charge on any atom is -0.454 e. The van der Waals surface area contributed by atoms with Gasteiger partial charge in [-0.2, -0.15) is 0 Å². The molecule has 18 heavy (non-hydrogen) atoms. The highest BCUT2D eigenvalue weighted by molar-refractivity contribution is 7.89. The lowest BCUT2D eigenvalue weighted by atomic mass is 10.1.